The van der Waals surface area contributed by atoms with Crippen molar-refractivity contribution in [1.82, 2.24) is 5.32 Å². The molecule has 2 nitrogen and oxygen atoms in total. The van der Waals surface area contributed by atoms with Crippen LogP contribution in [0.1, 0.15) is 36.3 Å². The van der Waals surface area contributed by atoms with E-state index < -0.39 is 0 Å². The van der Waals surface area contributed by atoms with Crippen molar-refractivity contribution in [3.05, 3.63) is 58.0 Å². The topological polar surface area (TPSA) is 25.2 Å². The van der Waals surface area contributed by atoms with E-state index >= 15 is 0 Å². The zero-order valence-electron chi connectivity index (χ0n) is 11.7. The van der Waals surface area contributed by atoms with Gasteiger partial charge in [-0.15, -0.1) is 0 Å². The smallest absolute Gasteiger partial charge is 0.169 e. The Morgan fingerprint density at radius 1 is 1.25 bits per heavy atom. The Hall–Kier alpha value is -1.06. The molecule has 1 aliphatic carbocycles. The molecular formula is C17H20BrNO. The van der Waals surface area contributed by atoms with Crippen molar-refractivity contribution in [3.63, 3.8) is 0 Å². The first kappa shape index (κ1) is 13.9. The highest BCUT2D eigenvalue weighted by Gasteiger charge is 2.28. The van der Waals surface area contributed by atoms with Crippen molar-refractivity contribution in [1.29, 1.82) is 0 Å². The van der Waals surface area contributed by atoms with Gasteiger partial charge in [0.25, 0.3) is 0 Å². The maximum absolute atomic E-state index is 5.79. The van der Waals surface area contributed by atoms with Crippen molar-refractivity contribution in [2.75, 3.05) is 6.54 Å². The van der Waals surface area contributed by atoms with Crippen molar-refractivity contribution >= 4 is 15.9 Å². The molecule has 0 spiro atoms. The summed E-state index contributed by atoms with van der Waals surface area (Å²) in [5, 5.41) is 3.60. The standard InChI is InChI=1S/C17H20BrNO/c1-2-19-17(15-9-10-16(18)20-15)14-8-7-12-5-3-4-6-13(12)11-14/h3-6,9-10,14,17,19H,2,7-8,11H2,1H3. The largest absolute Gasteiger partial charge is 0.453 e. The van der Waals surface area contributed by atoms with Crippen molar-refractivity contribution in [2.45, 2.75) is 32.2 Å². The molecule has 1 aliphatic rings. The Bertz CT molecular complexity index is 578. The molecule has 1 N–H and O–H groups in total. The fraction of sp³-hybridized carbons (Fsp3) is 0.412. The highest BCUT2D eigenvalue weighted by Crippen LogP contribution is 2.35. The van der Waals surface area contributed by atoms with Crippen LogP contribution in [0.5, 0.6) is 0 Å². The third-order valence-electron chi connectivity index (χ3n) is 4.18. The van der Waals surface area contributed by atoms with Gasteiger partial charge in [-0.2, -0.15) is 0 Å². The van der Waals surface area contributed by atoms with Gasteiger partial charge in [-0.25, -0.2) is 0 Å². The molecule has 0 saturated carbocycles. The minimum absolute atomic E-state index is 0.305. The molecule has 0 aliphatic heterocycles. The number of aryl methyl sites for hydroxylation is 1. The van der Waals surface area contributed by atoms with E-state index in [0.717, 1.165) is 23.4 Å². The normalized spacial score (nSPS) is 19.6. The second-order valence-corrected chi connectivity index (χ2v) is 6.23. The summed E-state index contributed by atoms with van der Waals surface area (Å²) < 4.78 is 6.61. The van der Waals surface area contributed by atoms with Gasteiger partial charge in [0, 0.05) is 0 Å². The molecule has 3 heteroatoms. The minimum atomic E-state index is 0.305. The van der Waals surface area contributed by atoms with Crippen LogP contribution in [0.25, 0.3) is 0 Å². The average molecular weight is 334 g/mol. The molecule has 2 atom stereocenters. The number of halogens is 1. The molecule has 2 aromatic rings. The fourth-order valence-electron chi connectivity index (χ4n) is 3.23. The third-order valence-corrected chi connectivity index (χ3v) is 4.61. The van der Waals surface area contributed by atoms with Crippen LogP contribution in [0.4, 0.5) is 0 Å². The maximum atomic E-state index is 5.79. The first-order valence-electron chi connectivity index (χ1n) is 7.33. The molecule has 0 fully saturated rings. The Kier molecular flexibility index (Phi) is 4.27. The predicted octanol–water partition coefficient (Wildman–Crippen LogP) is 4.50. The second-order valence-electron chi connectivity index (χ2n) is 5.45. The van der Waals surface area contributed by atoms with E-state index in [0.29, 0.717) is 12.0 Å². The van der Waals surface area contributed by atoms with Gasteiger partial charge in [0.1, 0.15) is 5.76 Å². The Morgan fingerprint density at radius 3 is 2.75 bits per heavy atom. The van der Waals surface area contributed by atoms with E-state index in [9.17, 15) is 0 Å². The predicted molar refractivity (Wildman–Crippen MR) is 84.8 cm³/mol. The quantitative estimate of drug-likeness (QED) is 0.891. The number of hydrogen-bond donors (Lipinski definition) is 1. The summed E-state index contributed by atoms with van der Waals surface area (Å²) in [6.07, 6.45) is 3.52. The highest BCUT2D eigenvalue weighted by atomic mass is 79.9. The Morgan fingerprint density at radius 2 is 2.05 bits per heavy atom. The first-order chi connectivity index (χ1) is 9.78. The van der Waals surface area contributed by atoms with Gasteiger partial charge in [-0.3, -0.25) is 0 Å². The van der Waals surface area contributed by atoms with Crippen molar-refractivity contribution < 1.29 is 4.42 Å². The third kappa shape index (κ3) is 2.84. The van der Waals surface area contributed by atoms with Gasteiger partial charge >= 0.3 is 0 Å². The van der Waals surface area contributed by atoms with Crippen LogP contribution in [0.3, 0.4) is 0 Å². The molecule has 1 aromatic carbocycles. The molecule has 2 unspecified atom stereocenters. The van der Waals surface area contributed by atoms with Crippen molar-refractivity contribution in [2.24, 2.45) is 5.92 Å². The van der Waals surface area contributed by atoms with Crippen LogP contribution in [-0.4, -0.2) is 6.54 Å². The van der Waals surface area contributed by atoms with Gasteiger partial charge in [-0.1, -0.05) is 31.2 Å². The molecule has 1 aromatic heterocycles. The summed E-state index contributed by atoms with van der Waals surface area (Å²) in [4.78, 5) is 0. The number of benzene rings is 1. The fourth-order valence-corrected chi connectivity index (χ4v) is 3.54. The van der Waals surface area contributed by atoms with Gasteiger partial charge in [0.15, 0.2) is 4.67 Å². The number of nitrogens with one attached hydrogen (secondary N) is 1. The average Bonchev–Trinajstić information content (AvgIpc) is 2.90. The van der Waals surface area contributed by atoms with Crippen molar-refractivity contribution in [3.8, 4) is 0 Å². The molecule has 1 heterocycles. The van der Waals surface area contributed by atoms with Gasteiger partial charge < -0.3 is 9.73 Å². The molecule has 106 valence electrons. The molecule has 0 amide bonds. The number of hydrogen-bond acceptors (Lipinski definition) is 2. The zero-order chi connectivity index (χ0) is 13.9. The van der Waals surface area contributed by atoms with Crippen LogP contribution >= 0.6 is 15.9 Å². The summed E-state index contributed by atoms with van der Waals surface area (Å²) in [5.74, 6) is 1.64. The van der Waals surface area contributed by atoms with Gasteiger partial charge in [0.2, 0.25) is 0 Å². The lowest BCUT2D eigenvalue weighted by molar-refractivity contribution is 0.284. The first-order valence-corrected chi connectivity index (χ1v) is 8.12. The van der Waals surface area contributed by atoms with E-state index in [4.69, 9.17) is 4.42 Å². The monoisotopic (exact) mass is 333 g/mol. The van der Waals surface area contributed by atoms with Crippen LogP contribution in [0.15, 0.2) is 45.5 Å². The summed E-state index contributed by atoms with van der Waals surface area (Å²) in [6.45, 7) is 3.11. The molecule has 20 heavy (non-hydrogen) atoms. The highest BCUT2D eigenvalue weighted by molar-refractivity contribution is 9.10. The number of furan rings is 1. The van der Waals surface area contributed by atoms with Crippen LogP contribution in [0.2, 0.25) is 0 Å². The van der Waals surface area contributed by atoms with E-state index in [1.807, 2.05) is 6.07 Å². The second kappa shape index (κ2) is 6.15. The van der Waals surface area contributed by atoms with E-state index in [1.54, 1.807) is 0 Å². The lowest BCUT2D eigenvalue weighted by Crippen LogP contribution is -2.31. The summed E-state index contributed by atoms with van der Waals surface area (Å²) in [7, 11) is 0. The SMILES string of the molecule is CCNC(c1ccc(Br)o1)C1CCc2ccccc2C1. The lowest BCUT2D eigenvalue weighted by atomic mass is 9.79. The van der Waals surface area contributed by atoms with Gasteiger partial charge in [-0.05, 0) is 70.9 Å². The molecule has 0 radical (unpaired) electrons. The van der Waals surface area contributed by atoms with E-state index in [-0.39, 0.29) is 0 Å². The number of rotatable bonds is 4. The van der Waals surface area contributed by atoms with Crippen LogP contribution in [-0.2, 0) is 12.8 Å². The summed E-state index contributed by atoms with van der Waals surface area (Å²) in [5.41, 5.74) is 3.01. The maximum Gasteiger partial charge on any atom is 0.169 e. The zero-order valence-corrected chi connectivity index (χ0v) is 13.3. The van der Waals surface area contributed by atoms with Crippen LogP contribution < -0.4 is 5.32 Å². The molecule has 0 bridgehead atoms. The van der Waals surface area contributed by atoms with E-state index in [1.165, 1.54) is 24.0 Å². The Balaban J connectivity index is 1.83. The summed E-state index contributed by atoms with van der Waals surface area (Å²) >= 11 is 3.41. The van der Waals surface area contributed by atoms with E-state index in [2.05, 4.69) is 58.5 Å². The molecular weight excluding hydrogens is 314 g/mol. The Labute approximate surface area is 128 Å². The lowest BCUT2D eigenvalue weighted by Gasteiger charge is -2.31. The minimum Gasteiger partial charge on any atom is -0.453 e. The number of fused-ring (bicyclic) bond motifs is 1. The molecule has 0 saturated heterocycles. The van der Waals surface area contributed by atoms with Crippen LogP contribution in [0, 0.1) is 5.92 Å². The molecule has 3 rings (SSSR count). The summed E-state index contributed by atoms with van der Waals surface area (Å²) in [6, 6.07) is 13.2. The van der Waals surface area contributed by atoms with Gasteiger partial charge in [0.05, 0.1) is 6.04 Å².